The number of amides is 2. The van der Waals surface area contributed by atoms with E-state index in [4.69, 9.17) is 16.7 Å². The number of nitrogens with one attached hydrogen (secondary N) is 3. The van der Waals surface area contributed by atoms with E-state index in [1.807, 2.05) is 90.7 Å². The van der Waals surface area contributed by atoms with Gasteiger partial charge in [0.25, 0.3) is 0 Å². The molecule has 164 valence electrons. The van der Waals surface area contributed by atoms with E-state index >= 15 is 0 Å². The zero-order valence-electron chi connectivity index (χ0n) is 17.8. The first-order chi connectivity index (χ1) is 16.1. The first-order valence-electron chi connectivity index (χ1n) is 10.6. The number of urea groups is 1. The Bertz CT molecular complexity index is 1420. The summed E-state index contributed by atoms with van der Waals surface area (Å²) in [5.41, 5.74) is 5.84. The van der Waals surface area contributed by atoms with Crippen molar-refractivity contribution in [1.82, 2.24) is 19.7 Å². The van der Waals surface area contributed by atoms with Crippen LogP contribution >= 0.6 is 11.6 Å². The van der Waals surface area contributed by atoms with Gasteiger partial charge < -0.3 is 15.6 Å². The summed E-state index contributed by atoms with van der Waals surface area (Å²) >= 11 is 6.29. The van der Waals surface area contributed by atoms with Gasteiger partial charge in [-0.25, -0.2) is 9.78 Å². The Morgan fingerprint density at radius 3 is 2.45 bits per heavy atom. The van der Waals surface area contributed by atoms with Gasteiger partial charge in [-0.15, -0.1) is 0 Å². The number of benzene rings is 2. The van der Waals surface area contributed by atoms with Crippen LogP contribution in [0.1, 0.15) is 6.92 Å². The van der Waals surface area contributed by atoms with Crippen molar-refractivity contribution in [3.8, 4) is 22.4 Å². The second-order valence-corrected chi connectivity index (χ2v) is 7.89. The van der Waals surface area contributed by atoms with Crippen molar-refractivity contribution in [3.63, 3.8) is 0 Å². The number of hydrogen-bond acceptors (Lipinski definition) is 3. The quantitative estimate of drug-likeness (QED) is 0.267. The first kappa shape index (κ1) is 20.8. The Kier molecular flexibility index (Phi) is 5.54. The second kappa shape index (κ2) is 8.80. The number of aromatic nitrogens is 4. The Hall–Kier alpha value is -4.10. The first-order valence-corrected chi connectivity index (χ1v) is 10.9. The molecule has 0 fully saturated rings. The lowest BCUT2D eigenvalue weighted by atomic mass is 10.0. The molecule has 0 aliphatic carbocycles. The van der Waals surface area contributed by atoms with E-state index in [1.165, 1.54) is 0 Å². The second-order valence-electron chi connectivity index (χ2n) is 7.50. The zero-order valence-corrected chi connectivity index (χ0v) is 18.6. The number of para-hydroxylation sites is 1. The van der Waals surface area contributed by atoms with Crippen LogP contribution in [0.15, 0.2) is 79.1 Å². The van der Waals surface area contributed by atoms with Crippen LogP contribution in [-0.4, -0.2) is 25.8 Å². The van der Waals surface area contributed by atoms with Crippen LogP contribution in [0.5, 0.6) is 0 Å². The Morgan fingerprint density at radius 2 is 1.73 bits per heavy atom. The molecule has 0 aliphatic heterocycles. The lowest BCUT2D eigenvalue weighted by Crippen LogP contribution is -2.19. The molecule has 8 heteroatoms. The third-order valence-corrected chi connectivity index (χ3v) is 5.51. The highest BCUT2D eigenvalue weighted by atomic mass is 35.5. The molecular formula is C25H21ClN6O. The van der Waals surface area contributed by atoms with Gasteiger partial charge in [-0.2, -0.15) is 5.10 Å². The van der Waals surface area contributed by atoms with E-state index in [2.05, 4.69) is 20.6 Å². The largest absolute Gasteiger partial charge is 0.346 e. The molecule has 0 aliphatic rings. The van der Waals surface area contributed by atoms with Gasteiger partial charge in [-0.1, -0.05) is 41.9 Å². The minimum absolute atomic E-state index is 0.300. The van der Waals surface area contributed by atoms with Gasteiger partial charge >= 0.3 is 6.03 Å². The van der Waals surface area contributed by atoms with E-state index in [-0.39, 0.29) is 6.03 Å². The van der Waals surface area contributed by atoms with Gasteiger partial charge in [0, 0.05) is 46.8 Å². The number of aryl methyl sites for hydroxylation is 1. The fourth-order valence-corrected chi connectivity index (χ4v) is 3.94. The molecule has 3 aromatic heterocycles. The molecule has 3 heterocycles. The molecule has 7 nitrogen and oxygen atoms in total. The smallest absolute Gasteiger partial charge is 0.323 e. The summed E-state index contributed by atoms with van der Waals surface area (Å²) in [7, 11) is 0. The number of carbonyl (C=O) groups excluding carboxylic acids is 1. The number of aromatic amines is 1. The number of rotatable bonds is 5. The maximum Gasteiger partial charge on any atom is 0.323 e. The summed E-state index contributed by atoms with van der Waals surface area (Å²) < 4.78 is 1.90. The van der Waals surface area contributed by atoms with Gasteiger partial charge in [0.05, 0.1) is 0 Å². The topological polar surface area (TPSA) is 87.6 Å². The summed E-state index contributed by atoms with van der Waals surface area (Å²) in [6.07, 6.45) is 3.87. The number of anilines is 2. The highest BCUT2D eigenvalue weighted by Gasteiger charge is 2.17. The maximum atomic E-state index is 12.3. The van der Waals surface area contributed by atoms with Crippen LogP contribution in [0.4, 0.5) is 16.2 Å². The standard InChI is InChI=1S/C25H21ClN6O/c1-2-32-15-21(20-14-22(26)30-24-19(20)12-13-27-24)23(31-32)16-8-10-18(11-9-16)29-25(33)28-17-6-4-3-5-7-17/h3-15H,2H2,1H3,(H,27,30)(H2,28,29,33). The number of halogens is 1. The van der Waals surface area contributed by atoms with Crippen molar-refractivity contribution in [2.45, 2.75) is 13.5 Å². The van der Waals surface area contributed by atoms with E-state index in [9.17, 15) is 4.79 Å². The van der Waals surface area contributed by atoms with Crippen molar-refractivity contribution >= 4 is 40.0 Å². The average Bonchev–Trinajstić information content (AvgIpc) is 3.47. The molecule has 0 radical (unpaired) electrons. The highest BCUT2D eigenvalue weighted by molar-refractivity contribution is 6.30. The molecule has 2 amide bonds. The third-order valence-electron chi connectivity index (χ3n) is 5.32. The molecule has 33 heavy (non-hydrogen) atoms. The number of hydrogen-bond donors (Lipinski definition) is 3. The average molecular weight is 457 g/mol. The molecule has 5 aromatic rings. The van der Waals surface area contributed by atoms with Crippen molar-refractivity contribution < 1.29 is 4.79 Å². The summed E-state index contributed by atoms with van der Waals surface area (Å²) in [6, 6.07) is 20.5. The van der Waals surface area contributed by atoms with E-state index in [0.29, 0.717) is 10.8 Å². The van der Waals surface area contributed by atoms with Crippen LogP contribution in [0, 0.1) is 0 Å². The predicted molar refractivity (Wildman–Crippen MR) is 133 cm³/mol. The van der Waals surface area contributed by atoms with Gasteiger partial charge in [-0.05, 0) is 48.9 Å². The van der Waals surface area contributed by atoms with Gasteiger partial charge in [-0.3, -0.25) is 4.68 Å². The lowest BCUT2D eigenvalue weighted by molar-refractivity contribution is 0.262. The van der Waals surface area contributed by atoms with Crippen molar-refractivity contribution in [2.75, 3.05) is 10.6 Å². The maximum absolute atomic E-state index is 12.3. The van der Waals surface area contributed by atoms with Gasteiger partial charge in [0.2, 0.25) is 0 Å². The number of carbonyl (C=O) groups is 1. The molecule has 2 aromatic carbocycles. The Labute approximate surface area is 195 Å². The minimum Gasteiger partial charge on any atom is -0.346 e. The molecule has 0 bridgehead atoms. The number of H-pyrrole nitrogens is 1. The third kappa shape index (κ3) is 4.31. The summed E-state index contributed by atoms with van der Waals surface area (Å²) in [5, 5.41) is 11.8. The van der Waals surface area contributed by atoms with E-state index < -0.39 is 0 Å². The Balaban J connectivity index is 1.44. The van der Waals surface area contributed by atoms with E-state index in [1.54, 1.807) is 0 Å². The van der Waals surface area contributed by atoms with Crippen LogP contribution < -0.4 is 10.6 Å². The monoisotopic (exact) mass is 456 g/mol. The zero-order chi connectivity index (χ0) is 22.8. The number of pyridine rings is 1. The number of fused-ring (bicyclic) bond motifs is 1. The molecular weight excluding hydrogens is 436 g/mol. The molecule has 0 spiro atoms. The fourth-order valence-electron chi connectivity index (χ4n) is 3.75. The van der Waals surface area contributed by atoms with Crippen LogP contribution in [0.25, 0.3) is 33.4 Å². The minimum atomic E-state index is -0.300. The highest BCUT2D eigenvalue weighted by Crippen LogP contribution is 2.36. The van der Waals surface area contributed by atoms with Crippen LogP contribution in [0.2, 0.25) is 5.15 Å². The fraction of sp³-hybridized carbons (Fsp3) is 0.0800. The van der Waals surface area contributed by atoms with Crippen LogP contribution in [0.3, 0.4) is 0 Å². The number of nitrogens with zero attached hydrogens (tertiary/aromatic N) is 3. The summed E-state index contributed by atoms with van der Waals surface area (Å²) in [4.78, 5) is 19.8. The molecule has 3 N–H and O–H groups in total. The normalized spacial score (nSPS) is 11.0. The van der Waals surface area contributed by atoms with Crippen molar-refractivity contribution in [3.05, 3.63) is 84.3 Å². The van der Waals surface area contributed by atoms with Gasteiger partial charge in [0.1, 0.15) is 16.5 Å². The van der Waals surface area contributed by atoms with Crippen molar-refractivity contribution in [1.29, 1.82) is 0 Å². The molecule has 0 atom stereocenters. The summed E-state index contributed by atoms with van der Waals surface area (Å²) in [5.74, 6) is 0. The van der Waals surface area contributed by atoms with Gasteiger partial charge in [0.15, 0.2) is 0 Å². The van der Waals surface area contributed by atoms with E-state index in [0.717, 1.165) is 45.6 Å². The van der Waals surface area contributed by atoms with Crippen LogP contribution in [-0.2, 0) is 6.54 Å². The Morgan fingerprint density at radius 1 is 1.00 bits per heavy atom. The lowest BCUT2D eigenvalue weighted by Gasteiger charge is -2.09. The SMILES string of the molecule is CCn1cc(-c2cc(Cl)nc3[nH]ccc23)c(-c2ccc(NC(=O)Nc3ccccc3)cc2)n1. The molecule has 5 rings (SSSR count). The molecule has 0 unspecified atom stereocenters. The molecule has 0 saturated carbocycles. The van der Waals surface area contributed by atoms with Crippen molar-refractivity contribution in [2.24, 2.45) is 0 Å². The molecule has 0 saturated heterocycles. The summed E-state index contributed by atoms with van der Waals surface area (Å²) in [6.45, 7) is 2.78. The predicted octanol–water partition coefficient (Wildman–Crippen LogP) is 6.41.